The Morgan fingerprint density at radius 3 is 2.06 bits per heavy atom. The van der Waals surface area contributed by atoms with Gasteiger partial charge in [0.1, 0.15) is 0 Å². The zero-order valence-electron chi connectivity index (χ0n) is 10.2. The van der Waals surface area contributed by atoms with E-state index < -0.39 is 11.7 Å². The Bertz CT molecular complexity index is 378. The second-order valence-electron chi connectivity index (χ2n) is 4.59. The second kappa shape index (κ2) is 5.28. The lowest BCUT2D eigenvalue weighted by Gasteiger charge is -2.32. The van der Waals surface area contributed by atoms with E-state index in [9.17, 15) is 13.2 Å². The number of hydrogen-bond acceptors (Lipinski definition) is 2. The van der Waals surface area contributed by atoms with Gasteiger partial charge < -0.3 is 4.90 Å². The zero-order chi connectivity index (χ0) is 13.2. The van der Waals surface area contributed by atoms with Gasteiger partial charge in [0, 0.05) is 26.2 Å². The van der Waals surface area contributed by atoms with Crippen molar-refractivity contribution in [3.8, 4) is 0 Å². The predicted molar refractivity (Wildman–Crippen MR) is 63.9 cm³/mol. The summed E-state index contributed by atoms with van der Waals surface area (Å²) < 4.78 is 37.2. The van der Waals surface area contributed by atoms with E-state index in [1.165, 1.54) is 12.1 Å². The molecule has 1 aromatic carbocycles. The molecule has 5 heteroatoms. The van der Waals surface area contributed by atoms with Crippen LogP contribution in [0.25, 0.3) is 0 Å². The van der Waals surface area contributed by atoms with Gasteiger partial charge in [-0.3, -0.25) is 4.90 Å². The molecule has 0 unspecified atom stereocenters. The van der Waals surface area contributed by atoms with Crippen molar-refractivity contribution >= 4 is 0 Å². The summed E-state index contributed by atoms with van der Waals surface area (Å²) in [6.07, 6.45) is -4.26. The highest BCUT2D eigenvalue weighted by Crippen LogP contribution is 2.29. The standard InChI is InChI=1S/C13H16F3N2/c1-17-6-8-18(9-7-17)10-11-2-4-12(5-3-11)13(14,15)16/h2-5,10H,6-9H2,1H3. The van der Waals surface area contributed by atoms with E-state index in [-0.39, 0.29) is 0 Å². The van der Waals surface area contributed by atoms with Crippen LogP contribution < -0.4 is 0 Å². The van der Waals surface area contributed by atoms with Crippen LogP contribution in [0, 0.1) is 6.54 Å². The van der Waals surface area contributed by atoms with Gasteiger partial charge in [0.15, 0.2) is 0 Å². The van der Waals surface area contributed by atoms with Gasteiger partial charge in [-0.1, -0.05) is 12.1 Å². The first-order valence-electron chi connectivity index (χ1n) is 5.90. The maximum Gasteiger partial charge on any atom is 0.416 e. The molecule has 2 rings (SSSR count). The van der Waals surface area contributed by atoms with Crippen LogP contribution in [0.2, 0.25) is 0 Å². The predicted octanol–water partition coefficient (Wildman–Crippen LogP) is 2.46. The third kappa shape index (κ3) is 3.46. The molecule has 0 N–H and O–H groups in total. The highest BCUT2D eigenvalue weighted by molar-refractivity contribution is 5.28. The number of piperazine rings is 1. The third-order valence-electron chi connectivity index (χ3n) is 3.11. The zero-order valence-corrected chi connectivity index (χ0v) is 10.2. The van der Waals surface area contributed by atoms with Gasteiger partial charge in [-0.05, 0) is 24.7 Å². The molecule has 1 aliphatic rings. The smallest absolute Gasteiger partial charge is 0.304 e. The summed E-state index contributed by atoms with van der Waals surface area (Å²) in [7, 11) is 2.06. The van der Waals surface area contributed by atoms with Crippen molar-refractivity contribution in [2.45, 2.75) is 6.18 Å². The maximum absolute atomic E-state index is 12.4. The molecule has 0 saturated carbocycles. The Kier molecular flexibility index (Phi) is 3.92. The number of benzene rings is 1. The summed E-state index contributed by atoms with van der Waals surface area (Å²) in [5, 5.41) is 0. The largest absolute Gasteiger partial charge is 0.416 e. The SMILES string of the molecule is CN1CCN([CH]c2ccc(C(F)(F)F)cc2)CC1. The molecule has 0 aromatic heterocycles. The lowest BCUT2D eigenvalue weighted by Crippen LogP contribution is -2.43. The van der Waals surface area contributed by atoms with Gasteiger partial charge in [0.25, 0.3) is 0 Å². The van der Waals surface area contributed by atoms with Crippen molar-refractivity contribution in [3.05, 3.63) is 41.9 Å². The molecule has 99 valence electrons. The summed E-state index contributed by atoms with van der Waals surface area (Å²) in [6, 6.07) is 5.28. The van der Waals surface area contributed by atoms with Crippen LogP contribution in [-0.4, -0.2) is 43.0 Å². The van der Waals surface area contributed by atoms with E-state index in [0.717, 1.165) is 43.9 Å². The lowest BCUT2D eigenvalue weighted by atomic mass is 10.1. The summed E-state index contributed by atoms with van der Waals surface area (Å²) >= 11 is 0. The first kappa shape index (κ1) is 13.4. The average molecular weight is 257 g/mol. The summed E-state index contributed by atoms with van der Waals surface area (Å²) in [4.78, 5) is 4.37. The van der Waals surface area contributed by atoms with Crippen molar-refractivity contribution < 1.29 is 13.2 Å². The molecule has 1 aromatic rings. The Morgan fingerprint density at radius 2 is 1.56 bits per heavy atom. The van der Waals surface area contributed by atoms with Crippen LogP contribution in [0.3, 0.4) is 0 Å². The molecule has 0 atom stereocenters. The normalized spacial score (nSPS) is 19.1. The van der Waals surface area contributed by atoms with Crippen molar-refractivity contribution in [2.24, 2.45) is 0 Å². The van der Waals surface area contributed by atoms with E-state index in [1.54, 1.807) is 0 Å². The summed E-state index contributed by atoms with van der Waals surface area (Å²) in [5.74, 6) is 0. The van der Waals surface area contributed by atoms with Crippen molar-refractivity contribution in [3.63, 3.8) is 0 Å². The number of nitrogens with zero attached hydrogens (tertiary/aromatic N) is 2. The molecular formula is C13H16F3N2. The monoisotopic (exact) mass is 257 g/mol. The van der Waals surface area contributed by atoms with Crippen molar-refractivity contribution in [1.82, 2.24) is 9.80 Å². The average Bonchev–Trinajstić information content (AvgIpc) is 2.32. The molecule has 0 bridgehead atoms. The van der Waals surface area contributed by atoms with Crippen molar-refractivity contribution in [1.29, 1.82) is 0 Å². The highest BCUT2D eigenvalue weighted by atomic mass is 19.4. The quantitative estimate of drug-likeness (QED) is 0.803. The fraction of sp³-hybridized carbons (Fsp3) is 0.462. The van der Waals surface area contributed by atoms with Gasteiger partial charge in [-0.2, -0.15) is 13.2 Å². The van der Waals surface area contributed by atoms with Crippen LogP contribution in [0.4, 0.5) is 13.2 Å². The van der Waals surface area contributed by atoms with E-state index in [2.05, 4.69) is 16.8 Å². The second-order valence-corrected chi connectivity index (χ2v) is 4.59. The van der Waals surface area contributed by atoms with Gasteiger partial charge in [-0.15, -0.1) is 0 Å². The minimum atomic E-state index is -4.26. The van der Waals surface area contributed by atoms with Crippen LogP contribution in [-0.2, 0) is 6.18 Å². The van der Waals surface area contributed by atoms with Crippen LogP contribution >= 0.6 is 0 Å². The molecule has 1 aliphatic heterocycles. The molecule has 18 heavy (non-hydrogen) atoms. The Morgan fingerprint density at radius 1 is 1.00 bits per heavy atom. The van der Waals surface area contributed by atoms with Gasteiger partial charge in [0.05, 0.1) is 12.1 Å². The van der Waals surface area contributed by atoms with E-state index >= 15 is 0 Å². The Balaban J connectivity index is 1.94. The van der Waals surface area contributed by atoms with Crippen LogP contribution in [0.1, 0.15) is 11.1 Å². The number of alkyl halides is 3. The first-order valence-corrected chi connectivity index (χ1v) is 5.90. The topological polar surface area (TPSA) is 6.48 Å². The number of likely N-dealkylation sites (N-methyl/N-ethyl adjacent to an activating group) is 1. The molecule has 1 saturated heterocycles. The van der Waals surface area contributed by atoms with Gasteiger partial charge in [-0.25, -0.2) is 0 Å². The van der Waals surface area contributed by atoms with Crippen LogP contribution in [0.5, 0.6) is 0 Å². The molecule has 1 radical (unpaired) electrons. The highest BCUT2D eigenvalue weighted by Gasteiger charge is 2.30. The third-order valence-corrected chi connectivity index (χ3v) is 3.11. The van der Waals surface area contributed by atoms with E-state index in [1.807, 2.05) is 6.54 Å². The molecule has 0 spiro atoms. The lowest BCUT2D eigenvalue weighted by molar-refractivity contribution is -0.137. The van der Waals surface area contributed by atoms with Gasteiger partial charge >= 0.3 is 6.18 Å². The number of hydrogen-bond donors (Lipinski definition) is 0. The first-order chi connectivity index (χ1) is 8.45. The fourth-order valence-electron chi connectivity index (χ4n) is 1.92. The minimum Gasteiger partial charge on any atom is -0.304 e. The summed E-state index contributed by atoms with van der Waals surface area (Å²) in [6.45, 7) is 5.72. The molecular weight excluding hydrogens is 241 g/mol. The fourth-order valence-corrected chi connectivity index (χ4v) is 1.92. The molecule has 2 nitrogen and oxygen atoms in total. The molecule has 1 fully saturated rings. The van der Waals surface area contributed by atoms with Gasteiger partial charge in [0.2, 0.25) is 0 Å². The summed E-state index contributed by atoms with van der Waals surface area (Å²) in [5.41, 5.74) is 0.214. The number of halogens is 3. The van der Waals surface area contributed by atoms with E-state index in [0.29, 0.717) is 0 Å². The molecule has 1 heterocycles. The molecule has 0 aliphatic carbocycles. The van der Waals surface area contributed by atoms with Crippen molar-refractivity contribution in [2.75, 3.05) is 33.2 Å². The Hall–Kier alpha value is -1.07. The van der Waals surface area contributed by atoms with Crippen LogP contribution in [0.15, 0.2) is 24.3 Å². The maximum atomic E-state index is 12.4. The minimum absolute atomic E-state index is 0.599. The van der Waals surface area contributed by atoms with E-state index in [4.69, 9.17) is 0 Å². The molecule has 0 amide bonds. The Labute approximate surface area is 105 Å². The number of rotatable bonds is 2.